The molecule has 4 nitrogen and oxygen atoms in total. The first-order valence-electron chi connectivity index (χ1n) is 9.29. The Kier molecular flexibility index (Phi) is 14.9. The minimum absolute atomic E-state index is 0.263. The predicted octanol–water partition coefficient (Wildman–Crippen LogP) is 5.13. The van der Waals surface area contributed by atoms with Crippen molar-refractivity contribution in [3.63, 3.8) is 0 Å². The van der Waals surface area contributed by atoms with Gasteiger partial charge in [0, 0.05) is 6.42 Å². The molecular formula is C19H34O4. The van der Waals surface area contributed by atoms with Crippen LogP contribution < -0.4 is 0 Å². The van der Waals surface area contributed by atoms with Crippen LogP contribution in [0.1, 0.15) is 104 Å². The maximum absolute atomic E-state index is 10.7. The number of ketones is 1. The van der Waals surface area contributed by atoms with Crippen LogP contribution in [0, 0.1) is 0 Å². The number of hydrogen-bond donors (Lipinski definition) is 0. The molecule has 0 N–H and O–H groups in total. The molecule has 0 aliphatic carbocycles. The molecule has 1 rings (SSSR count). The highest BCUT2D eigenvalue weighted by atomic mass is 16.6. The Bertz CT molecular complexity index is 322. The van der Waals surface area contributed by atoms with E-state index in [1.54, 1.807) is 6.92 Å². The lowest BCUT2D eigenvalue weighted by Gasteiger charge is -2.01. The molecule has 0 radical (unpaired) electrons. The van der Waals surface area contributed by atoms with Gasteiger partial charge in [0.25, 0.3) is 0 Å². The lowest BCUT2D eigenvalue weighted by molar-refractivity contribution is -0.152. The van der Waals surface area contributed by atoms with E-state index < -0.39 is 11.9 Å². The first kappa shape index (κ1) is 21.8. The summed E-state index contributed by atoms with van der Waals surface area (Å²) in [5.74, 6) is -0.453. The third kappa shape index (κ3) is 17.0. The summed E-state index contributed by atoms with van der Waals surface area (Å²) < 4.78 is 4.08. The highest BCUT2D eigenvalue weighted by Crippen LogP contribution is 2.11. The maximum Gasteiger partial charge on any atom is 0.314 e. The average Bonchev–Trinajstić information content (AvgIpc) is 2.88. The lowest BCUT2D eigenvalue weighted by atomic mass is 10.0. The molecule has 23 heavy (non-hydrogen) atoms. The third-order valence-corrected chi connectivity index (χ3v) is 3.89. The molecule has 1 saturated heterocycles. The van der Waals surface area contributed by atoms with E-state index >= 15 is 0 Å². The SMILES string of the molecule is CCCCCCCCCCCCCC(C)=O.O=C1CCC(=O)O1. The van der Waals surface area contributed by atoms with Crippen molar-refractivity contribution in [3.05, 3.63) is 0 Å². The van der Waals surface area contributed by atoms with Gasteiger partial charge >= 0.3 is 11.9 Å². The van der Waals surface area contributed by atoms with Gasteiger partial charge in [0.05, 0.1) is 12.8 Å². The number of Topliss-reactive ketones (excluding diaryl/α,β-unsaturated/α-hetero) is 1. The number of rotatable bonds is 12. The topological polar surface area (TPSA) is 60.4 Å². The Labute approximate surface area is 141 Å². The van der Waals surface area contributed by atoms with E-state index in [1.807, 2.05) is 0 Å². The Hall–Kier alpha value is -1.19. The molecule has 0 spiro atoms. The highest BCUT2D eigenvalue weighted by Gasteiger charge is 2.19. The van der Waals surface area contributed by atoms with Crippen molar-refractivity contribution in [1.29, 1.82) is 0 Å². The number of unbranched alkanes of at least 4 members (excludes halogenated alkanes) is 10. The maximum atomic E-state index is 10.7. The number of carbonyl (C=O) groups is 3. The van der Waals surface area contributed by atoms with E-state index in [4.69, 9.17) is 0 Å². The van der Waals surface area contributed by atoms with Gasteiger partial charge in [-0.2, -0.15) is 0 Å². The fourth-order valence-electron chi connectivity index (χ4n) is 2.47. The molecule has 0 unspecified atom stereocenters. The number of ether oxygens (including phenoxy) is 1. The monoisotopic (exact) mass is 326 g/mol. The van der Waals surface area contributed by atoms with Crippen LogP contribution >= 0.6 is 0 Å². The van der Waals surface area contributed by atoms with Gasteiger partial charge in [-0.05, 0) is 13.3 Å². The molecule has 0 aromatic carbocycles. The molecule has 0 saturated carbocycles. The molecule has 1 aliphatic heterocycles. The Morgan fingerprint density at radius 2 is 1.17 bits per heavy atom. The normalized spacial score (nSPS) is 13.5. The molecule has 1 heterocycles. The van der Waals surface area contributed by atoms with Crippen LogP contribution in [0.2, 0.25) is 0 Å². The zero-order valence-electron chi connectivity index (χ0n) is 15.0. The van der Waals surface area contributed by atoms with E-state index in [0.717, 1.165) is 12.8 Å². The average molecular weight is 326 g/mol. The van der Waals surface area contributed by atoms with Gasteiger partial charge in [-0.3, -0.25) is 9.59 Å². The lowest BCUT2D eigenvalue weighted by Crippen LogP contribution is -1.94. The molecule has 0 bridgehead atoms. The second kappa shape index (κ2) is 15.7. The van der Waals surface area contributed by atoms with Gasteiger partial charge in [-0.15, -0.1) is 0 Å². The van der Waals surface area contributed by atoms with Crippen molar-refractivity contribution < 1.29 is 19.1 Å². The van der Waals surface area contributed by atoms with Crippen LogP contribution in [-0.4, -0.2) is 17.7 Å². The summed E-state index contributed by atoms with van der Waals surface area (Å²) in [6, 6.07) is 0. The van der Waals surface area contributed by atoms with Crippen LogP contribution in [0.4, 0.5) is 0 Å². The van der Waals surface area contributed by atoms with Crippen molar-refractivity contribution in [3.8, 4) is 0 Å². The van der Waals surface area contributed by atoms with Gasteiger partial charge in [-0.1, -0.05) is 71.1 Å². The number of cyclic esters (lactones) is 2. The van der Waals surface area contributed by atoms with Gasteiger partial charge in [0.2, 0.25) is 0 Å². The minimum Gasteiger partial charge on any atom is -0.393 e. The molecule has 134 valence electrons. The molecule has 0 aromatic heterocycles. The van der Waals surface area contributed by atoms with Crippen molar-refractivity contribution in [2.45, 2.75) is 104 Å². The number of carbonyl (C=O) groups excluding carboxylic acids is 3. The second-order valence-corrected chi connectivity index (χ2v) is 6.33. The smallest absolute Gasteiger partial charge is 0.314 e. The minimum atomic E-state index is -0.398. The van der Waals surface area contributed by atoms with Crippen LogP contribution in [-0.2, 0) is 19.1 Å². The first-order valence-corrected chi connectivity index (χ1v) is 9.29. The molecule has 1 fully saturated rings. The van der Waals surface area contributed by atoms with E-state index in [0.29, 0.717) is 5.78 Å². The summed E-state index contributed by atoms with van der Waals surface area (Å²) in [5.41, 5.74) is 0. The molecule has 0 amide bonds. The van der Waals surface area contributed by atoms with Crippen molar-refractivity contribution >= 4 is 17.7 Å². The quantitative estimate of drug-likeness (QED) is 0.283. The van der Waals surface area contributed by atoms with E-state index in [1.165, 1.54) is 64.2 Å². The van der Waals surface area contributed by atoms with E-state index in [2.05, 4.69) is 11.7 Å². The molecule has 4 heteroatoms. The molecular weight excluding hydrogens is 292 g/mol. The predicted molar refractivity (Wildman–Crippen MR) is 92.1 cm³/mol. The van der Waals surface area contributed by atoms with E-state index in [-0.39, 0.29) is 12.8 Å². The summed E-state index contributed by atoms with van der Waals surface area (Å²) in [4.78, 5) is 30.7. The number of esters is 2. The standard InChI is InChI=1S/C15H30O.C4H4O3/c1-3-4-5-6-7-8-9-10-11-12-13-14-15(2)16;5-3-1-2-4(6)7-3/h3-14H2,1-2H3;1-2H2. The van der Waals surface area contributed by atoms with Gasteiger partial charge in [0.15, 0.2) is 0 Å². The third-order valence-electron chi connectivity index (χ3n) is 3.89. The zero-order chi connectivity index (χ0) is 17.3. The van der Waals surface area contributed by atoms with Gasteiger partial charge in [-0.25, -0.2) is 0 Å². The first-order chi connectivity index (χ1) is 11.1. The van der Waals surface area contributed by atoms with Gasteiger partial charge < -0.3 is 9.53 Å². The Morgan fingerprint density at radius 3 is 1.48 bits per heavy atom. The number of hydrogen-bond acceptors (Lipinski definition) is 4. The highest BCUT2D eigenvalue weighted by molar-refractivity contribution is 5.92. The summed E-state index contributed by atoms with van der Waals surface area (Å²) in [6.45, 7) is 3.96. The summed E-state index contributed by atoms with van der Waals surface area (Å²) in [5, 5.41) is 0. The summed E-state index contributed by atoms with van der Waals surface area (Å²) >= 11 is 0. The molecule has 0 atom stereocenters. The summed E-state index contributed by atoms with van der Waals surface area (Å²) in [6.07, 6.45) is 16.2. The van der Waals surface area contributed by atoms with Gasteiger partial charge in [0.1, 0.15) is 5.78 Å². The Morgan fingerprint density at radius 1 is 0.783 bits per heavy atom. The summed E-state index contributed by atoms with van der Waals surface area (Å²) in [7, 11) is 0. The van der Waals surface area contributed by atoms with Crippen molar-refractivity contribution in [1.82, 2.24) is 0 Å². The van der Waals surface area contributed by atoms with Crippen molar-refractivity contribution in [2.24, 2.45) is 0 Å². The van der Waals surface area contributed by atoms with Crippen LogP contribution in [0.25, 0.3) is 0 Å². The fraction of sp³-hybridized carbons (Fsp3) is 0.842. The van der Waals surface area contributed by atoms with E-state index in [9.17, 15) is 14.4 Å². The fourth-order valence-corrected chi connectivity index (χ4v) is 2.47. The second-order valence-electron chi connectivity index (χ2n) is 6.33. The van der Waals surface area contributed by atoms with Crippen LogP contribution in [0.15, 0.2) is 0 Å². The van der Waals surface area contributed by atoms with Crippen molar-refractivity contribution in [2.75, 3.05) is 0 Å². The molecule has 1 aliphatic rings. The Balaban J connectivity index is 0.000000568. The molecule has 0 aromatic rings. The zero-order valence-corrected chi connectivity index (χ0v) is 15.0. The largest absolute Gasteiger partial charge is 0.393 e. The van der Waals surface area contributed by atoms with Crippen LogP contribution in [0.3, 0.4) is 0 Å². The van der Waals surface area contributed by atoms with Crippen LogP contribution in [0.5, 0.6) is 0 Å².